The van der Waals surface area contributed by atoms with Crippen LogP contribution in [0.3, 0.4) is 0 Å². The zero-order chi connectivity index (χ0) is 8.97. The van der Waals surface area contributed by atoms with Crippen LogP contribution in [-0.4, -0.2) is 32.0 Å². The Morgan fingerprint density at radius 2 is 2.33 bits per heavy atom. The van der Waals surface area contributed by atoms with Crippen molar-refractivity contribution in [3.63, 3.8) is 0 Å². The standard InChI is InChI=1S/C9H19N2O/c1-4-8-5-7(2)11-9(12-8)6-10-3/h7-10H,4-6H2,1-3H3. The average molecular weight is 171 g/mol. The summed E-state index contributed by atoms with van der Waals surface area (Å²) in [7, 11) is 1.93. The number of hydrogen-bond donors (Lipinski definition) is 1. The SMILES string of the molecule is CCC1CC(C)[N]C(CNC)O1. The number of ether oxygens (including phenoxy) is 1. The molecule has 0 aromatic carbocycles. The van der Waals surface area contributed by atoms with Gasteiger partial charge in [0.05, 0.1) is 6.10 Å². The van der Waals surface area contributed by atoms with E-state index in [2.05, 4.69) is 24.5 Å². The van der Waals surface area contributed by atoms with Crippen molar-refractivity contribution in [1.82, 2.24) is 10.6 Å². The fourth-order valence-corrected chi connectivity index (χ4v) is 1.58. The highest BCUT2D eigenvalue weighted by atomic mass is 16.5. The van der Waals surface area contributed by atoms with Crippen LogP contribution in [0.5, 0.6) is 0 Å². The van der Waals surface area contributed by atoms with E-state index in [4.69, 9.17) is 4.74 Å². The van der Waals surface area contributed by atoms with Crippen molar-refractivity contribution in [3.05, 3.63) is 0 Å². The molecule has 1 saturated heterocycles. The van der Waals surface area contributed by atoms with Gasteiger partial charge in [0.1, 0.15) is 6.23 Å². The molecule has 3 heteroatoms. The molecule has 1 aliphatic heterocycles. The third-order valence-electron chi connectivity index (χ3n) is 2.21. The first-order valence-corrected chi connectivity index (χ1v) is 4.76. The van der Waals surface area contributed by atoms with E-state index in [0.717, 1.165) is 19.4 Å². The molecule has 0 aromatic heterocycles. The van der Waals surface area contributed by atoms with Crippen LogP contribution in [0.1, 0.15) is 26.7 Å². The highest BCUT2D eigenvalue weighted by Crippen LogP contribution is 2.16. The van der Waals surface area contributed by atoms with Gasteiger partial charge in [-0.2, -0.15) is 0 Å². The molecule has 12 heavy (non-hydrogen) atoms. The maximum absolute atomic E-state index is 5.72. The largest absolute Gasteiger partial charge is 0.357 e. The van der Waals surface area contributed by atoms with Gasteiger partial charge in [-0.3, -0.25) is 0 Å². The number of nitrogens with one attached hydrogen (secondary N) is 1. The zero-order valence-electron chi connectivity index (χ0n) is 8.21. The van der Waals surface area contributed by atoms with E-state index in [9.17, 15) is 0 Å². The van der Waals surface area contributed by atoms with Crippen LogP contribution in [0.2, 0.25) is 0 Å². The summed E-state index contributed by atoms with van der Waals surface area (Å²) in [4.78, 5) is 0. The Bertz CT molecular complexity index is 130. The minimum Gasteiger partial charge on any atom is -0.357 e. The number of rotatable bonds is 3. The van der Waals surface area contributed by atoms with Gasteiger partial charge in [-0.15, -0.1) is 0 Å². The van der Waals surface area contributed by atoms with Gasteiger partial charge in [0.15, 0.2) is 0 Å². The average Bonchev–Trinajstić information content (AvgIpc) is 2.04. The molecule has 1 fully saturated rings. The van der Waals surface area contributed by atoms with Crippen molar-refractivity contribution < 1.29 is 4.74 Å². The molecule has 0 aliphatic carbocycles. The topological polar surface area (TPSA) is 35.4 Å². The van der Waals surface area contributed by atoms with Gasteiger partial charge in [0.2, 0.25) is 0 Å². The summed E-state index contributed by atoms with van der Waals surface area (Å²) in [5.74, 6) is 0. The van der Waals surface area contributed by atoms with Crippen molar-refractivity contribution in [3.8, 4) is 0 Å². The molecule has 0 bridgehead atoms. The Balaban J connectivity index is 2.34. The van der Waals surface area contributed by atoms with Crippen LogP contribution in [0.25, 0.3) is 0 Å². The second kappa shape index (κ2) is 4.80. The maximum Gasteiger partial charge on any atom is 0.136 e. The normalized spacial score (nSPS) is 36.8. The first kappa shape index (κ1) is 9.96. The second-order valence-corrected chi connectivity index (χ2v) is 3.41. The van der Waals surface area contributed by atoms with E-state index in [1.807, 2.05) is 7.05 Å². The molecule has 0 spiro atoms. The zero-order valence-corrected chi connectivity index (χ0v) is 8.21. The molecule has 1 N–H and O–H groups in total. The fraction of sp³-hybridized carbons (Fsp3) is 1.00. The Labute approximate surface area is 74.9 Å². The highest BCUT2D eigenvalue weighted by Gasteiger charge is 2.25. The van der Waals surface area contributed by atoms with Crippen molar-refractivity contribution in [2.24, 2.45) is 0 Å². The van der Waals surface area contributed by atoms with E-state index < -0.39 is 0 Å². The van der Waals surface area contributed by atoms with Crippen LogP contribution in [-0.2, 0) is 4.74 Å². The van der Waals surface area contributed by atoms with Gasteiger partial charge >= 0.3 is 0 Å². The third-order valence-corrected chi connectivity index (χ3v) is 2.21. The lowest BCUT2D eigenvalue weighted by Gasteiger charge is -2.33. The quantitative estimate of drug-likeness (QED) is 0.679. The van der Waals surface area contributed by atoms with E-state index >= 15 is 0 Å². The van der Waals surface area contributed by atoms with Crippen molar-refractivity contribution in [2.75, 3.05) is 13.6 Å². The lowest BCUT2D eigenvalue weighted by Crippen LogP contribution is -2.47. The molecule has 71 valence electrons. The molecule has 1 radical (unpaired) electrons. The molecule has 3 unspecified atom stereocenters. The summed E-state index contributed by atoms with van der Waals surface area (Å²) >= 11 is 0. The fourth-order valence-electron chi connectivity index (χ4n) is 1.58. The summed E-state index contributed by atoms with van der Waals surface area (Å²) in [6.07, 6.45) is 2.66. The predicted molar refractivity (Wildman–Crippen MR) is 49.1 cm³/mol. The Morgan fingerprint density at radius 3 is 2.92 bits per heavy atom. The summed E-state index contributed by atoms with van der Waals surface area (Å²) in [5, 5.41) is 7.57. The molecule has 3 atom stereocenters. The molecular weight excluding hydrogens is 152 g/mol. The summed E-state index contributed by atoms with van der Waals surface area (Å²) in [6, 6.07) is 0.460. The second-order valence-electron chi connectivity index (χ2n) is 3.41. The van der Waals surface area contributed by atoms with Gasteiger partial charge in [-0.1, -0.05) is 6.92 Å². The molecule has 3 nitrogen and oxygen atoms in total. The monoisotopic (exact) mass is 171 g/mol. The van der Waals surface area contributed by atoms with Crippen LogP contribution in [0.4, 0.5) is 0 Å². The molecule has 1 aliphatic rings. The Morgan fingerprint density at radius 1 is 1.58 bits per heavy atom. The maximum atomic E-state index is 5.72. The number of nitrogens with zero attached hydrogens (tertiary/aromatic N) is 1. The minimum absolute atomic E-state index is 0.0729. The predicted octanol–water partition coefficient (Wildman–Crippen LogP) is 0.724. The van der Waals surface area contributed by atoms with Gasteiger partial charge in [0, 0.05) is 12.6 Å². The Kier molecular flexibility index (Phi) is 3.98. The van der Waals surface area contributed by atoms with Gasteiger partial charge in [-0.25, -0.2) is 5.32 Å². The molecule has 0 saturated carbocycles. The van der Waals surface area contributed by atoms with E-state index in [1.165, 1.54) is 0 Å². The molecular formula is C9H19N2O. The molecule has 0 aromatic rings. The van der Waals surface area contributed by atoms with E-state index in [0.29, 0.717) is 12.1 Å². The smallest absolute Gasteiger partial charge is 0.136 e. The van der Waals surface area contributed by atoms with E-state index in [-0.39, 0.29) is 6.23 Å². The number of hydrogen-bond acceptors (Lipinski definition) is 2. The molecule has 1 rings (SSSR count). The van der Waals surface area contributed by atoms with E-state index in [1.54, 1.807) is 0 Å². The number of likely N-dealkylation sites (N-methyl/N-ethyl adjacent to an activating group) is 1. The third kappa shape index (κ3) is 2.73. The van der Waals surface area contributed by atoms with Crippen LogP contribution in [0, 0.1) is 0 Å². The van der Waals surface area contributed by atoms with Crippen LogP contribution < -0.4 is 10.6 Å². The first-order valence-electron chi connectivity index (χ1n) is 4.76. The minimum atomic E-state index is 0.0729. The van der Waals surface area contributed by atoms with Gasteiger partial charge in [-0.05, 0) is 26.8 Å². The summed E-state index contributed by atoms with van der Waals surface area (Å²) in [6.45, 7) is 5.16. The summed E-state index contributed by atoms with van der Waals surface area (Å²) in [5.41, 5.74) is 0. The van der Waals surface area contributed by atoms with Crippen molar-refractivity contribution >= 4 is 0 Å². The lowest BCUT2D eigenvalue weighted by atomic mass is 10.1. The summed E-state index contributed by atoms with van der Waals surface area (Å²) < 4.78 is 5.72. The lowest BCUT2D eigenvalue weighted by molar-refractivity contribution is -0.0764. The van der Waals surface area contributed by atoms with Crippen molar-refractivity contribution in [2.45, 2.75) is 45.1 Å². The molecule has 0 amide bonds. The Hall–Kier alpha value is -0.120. The van der Waals surface area contributed by atoms with Crippen LogP contribution >= 0.6 is 0 Å². The first-order chi connectivity index (χ1) is 5.76. The van der Waals surface area contributed by atoms with Crippen molar-refractivity contribution in [1.29, 1.82) is 0 Å². The highest BCUT2D eigenvalue weighted by molar-refractivity contribution is 4.76. The molecule has 1 heterocycles. The van der Waals surface area contributed by atoms with Gasteiger partial charge < -0.3 is 10.1 Å². The van der Waals surface area contributed by atoms with Crippen LogP contribution in [0.15, 0.2) is 0 Å². The van der Waals surface area contributed by atoms with Gasteiger partial charge in [0.25, 0.3) is 0 Å².